The molecule has 3 heteroatoms. The lowest BCUT2D eigenvalue weighted by molar-refractivity contribution is 0.129. The molecule has 19 heavy (non-hydrogen) atoms. The van der Waals surface area contributed by atoms with Crippen LogP contribution < -0.4 is 5.32 Å². The van der Waals surface area contributed by atoms with Gasteiger partial charge in [-0.2, -0.15) is 0 Å². The fourth-order valence-corrected chi connectivity index (χ4v) is 3.65. The molecule has 0 aromatic carbocycles. The highest BCUT2D eigenvalue weighted by molar-refractivity contribution is 7.09. The second-order valence-electron chi connectivity index (χ2n) is 6.14. The molecule has 108 valence electrons. The molecule has 2 nitrogen and oxygen atoms in total. The summed E-state index contributed by atoms with van der Waals surface area (Å²) < 4.78 is 0. The van der Waals surface area contributed by atoms with Crippen LogP contribution >= 0.6 is 11.3 Å². The third kappa shape index (κ3) is 4.59. The second kappa shape index (κ2) is 7.41. The molecule has 0 aliphatic heterocycles. The summed E-state index contributed by atoms with van der Waals surface area (Å²) in [6.45, 7) is 6.83. The van der Waals surface area contributed by atoms with Gasteiger partial charge in [0.25, 0.3) is 0 Å². The summed E-state index contributed by atoms with van der Waals surface area (Å²) in [5, 5.41) is 5.73. The van der Waals surface area contributed by atoms with Crippen molar-refractivity contribution in [3.05, 3.63) is 22.4 Å². The summed E-state index contributed by atoms with van der Waals surface area (Å²) in [6.07, 6.45) is 5.58. The minimum atomic E-state index is 0.623. The molecule has 1 unspecified atom stereocenters. The van der Waals surface area contributed by atoms with Crippen molar-refractivity contribution in [2.24, 2.45) is 5.92 Å². The molecule has 1 aliphatic rings. The maximum absolute atomic E-state index is 3.59. The summed E-state index contributed by atoms with van der Waals surface area (Å²) in [6, 6.07) is 5.75. The van der Waals surface area contributed by atoms with Crippen LogP contribution in [0.2, 0.25) is 0 Å². The van der Waals surface area contributed by atoms with Crippen molar-refractivity contribution in [1.82, 2.24) is 10.2 Å². The smallest absolute Gasteiger partial charge is 0.0300 e. The van der Waals surface area contributed by atoms with Crippen LogP contribution in [-0.2, 0) is 6.54 Å². The monoisotopic (exact) mass is 280 g/mol. The van der Waals surface area contributed by atoms with E-state index in [0.717, 1.165) is 25.0 Å². The molecular formula is C16H28N2S. The first-order valence-corrected chi connectivity index (χ1v) is 8.50. The summed E-state index contributed by atoms with van der Waals surface area (Å²) in [5.41, 5.74) is 0. The number of nitrogens with zero attached hydrogens (tertiary/aromatic N) is 1. The predicted molar refractivity (Wildman–Crippen MR) is 84.7 cm³/mol. The fourth-order valence-electron chi connectivity index (χ4n) is 2.97. The zero-order valence-corrected chi connectivity index (χ0v) is 13.4. The van der Waals surface area contributed by atoms with Crippen molar-refractivity contribution < 1.29 is 0 Å². The molecule has 0 bridgehead atoms. The Bertz CT molecular complexity index is 342. The van der Waals surface area contributed by atoms with Crippen molar-refractivity contribution in [3.63, 3.8) is 0 Å². The van der Waals surface area contributed by atoms with Crippen LogP contribution in [0.1, 0.15) is 44.4 Å². The number of likely N-dealkylation sites (N-methyl/N-ethyl adjacent to an activating group) is 1. The first-order chi connectivity index (χ1) is 9.16. The largest absolute Gasteiger partial charge is 0.310 e. The Morgan fingerprint density at radius 1 is 1.37 bits per heavy atom. The first kappa shape index (κ1) is 15.0. The molecule has 1 aromatic rings. The van der Waals surface area contributed by atoms with Crippen LogP contribution in [0.25, 0.3) is 0 Å². The average Bonchev–Trinajstić information content (AvgIpc) is 2.92. The van der Waals surface area contributed by atoms with Crippen LogP contribution in [0.15, 0.2) is 17.5 Å². The highest BCUT2D eigenvalue weighted by atomic mass is 32.1. The van der Waals surface area contributed by atoms with Crippen LogP contribution in [-0.4, -0.2) is 30.6 Å². The number of hydrogen-bond donors (Lipinski definition) is 1. The van der Waals surface area contributed by atoms with Crippen molar-refractivity contribution in [2.75, 3.05) is 13.6 Å². The normalized spacial score (nSPS) is 25.7. The number of nitrogens with one attached hydrogen (secondary N) is 1. The number of hydrogen-bond acceptors (Lipinski definition) is 3. The molecule has 0 saturated heterocycles. The maximum atomic E-state index is 3.59. The minimum absolute atomic E-state index is 0.623. The predicted octanol–water partition coefficient (Wildman–Crippen LogP) is 3.74. The Morgan fingerprint density at radius 2 is 2.11 bits per heavy atom. The quantitative estimate of drug-likeness (QED) is 0.854. The summed E-state index contributed by atoms with van der Waals surface area (Å²) >= 11 is 1.84. The molecule has 1 aliphatic carbocycles. The van der Waals surface area contributed by atoms with Gasteiger partial charge in [0.05, 0.1) is 0 Å². The lowest BCUT2D eigenvalue weighted by atomic mass is 9.86. The van der Waals surface area contributed by atoms with Crippen molar-refractivity contribution in [1.29, 1.82) is 0 Å². The van der Waals surface area contributed by atoms with E-state index in [1.165, 1.54) is 30.6 Å². The van der Waals surface area contributed by atoms with Gasteiger partial charge in [-0.05, 0) is 57.0 Å². The van der Waals surface area contributed by atoms with Gasteiger partial charge in [0.1, 0.15) is 0 Å². The molecule has 0 radical (unpaired) electrons. The lowest BCUT2D eigenvalue weighted by Crippen LogP contribution is -2.45. The van der Waals surface area contributed by atoms with Crippen LogP contribution in [0, 0.1) is 5.92 Å². The van der Waals surface area contributed by atoms with Gasteiger partial charge < -0.3 is 5.32 Å². The molecule has 1 fully saturated rings. The molecule has 0 spiro atoms. The third-order valence-corrected chi connectivity index (χ3v) is 5.45. The Hall–Kier alpha value is -0.380. The zero-order chi connectivity index (χ0) is 13.7. The van der Waals surface area contributed by atoms with E-state index in [1.54, 1.807) is 0 Å². The topological polar surface area (TPSA) is 15.3 Å². The SMILES string of the molecule is CC1CCC(N(C)C(C)CNCc2cccs2)CC1. The molecular weight excluding hydrogens is 252 g/mol. The average molecular weight is 280 g/mol. The third-order valence-electron chi connectivity index (χ3n) is 4.58. The van der Waals surface area contributed by atoms with E-state index in [-0.39, 0.29) is 0 Å². The van der Waals surface area contributed by atoms with E-state index in [4.69, 9.17) is 0 Å². The van der Waals surface area contributed by atoms with Gasteiger partial charge in [0.2, 0.25) is 0 Å². The van der Waals surface area contributed by atoms with Gasteiger partial charge in [0.15, 0.2) is 0 Å². The van der Waals surface area contributed by atoms with Gasteiger partial charge in [-0.1, -0.05) is 13.0 Å². The van der Waals surface area contributed by atoms with Crippen molar-refractivity contribution >= 4 is 11.3 Å². The summed E-state index contributed by atoms with van der Waals surface area (Å²) in [5.74, 6) is 0.942. The summed E-state index contributed by atoms with van der Waals surface area (Å²) in [7, 11) is 2.30. The van der Waals surface area contributed by atoms with Gasteiger partial charge >= 0.3 is 0 Å². The second-order valence-corrected chi connectivity index (χ2v) is 7.17. The molecule has 1 saturated carbocycles. The van der Waals surface area contributed by atoms with Crippen LogP contribution in [0.5, 0.6) is 0 Å². The molecule has 1 atom stereocenters. The fraction of sp³-hybridized carbons (Fsp3) is 0.750. The van der Waals surface area contributed by atoms with Gasteiger partial charge in [-0.25, -0.2) is 0 Å². The minimum Gasteiger partial charge on any atom is -0.310 e. The van der Waals surface area contributed by atoms with Gasteiger partial charge in [0, 0.05) is 30.1 Å². The molecule has 0 amide bonds. The van der Waals surface area contributed by atoms with E-state index in [1.807, 2.05) is 11.3 Å². The highest BCUT2D eigenvalue weighted by Crippen LogP contribution is 2.27. The molecule has 2 rings (SSSR count). The van der Waals surface area contributed by atoms with E-state index < -0.39 is 0 Å². The summed E-state index contributed by atoms with van der Waals surface area (Å²) in [4.78, 5) is 4.02. The number of thiophene rings is 1. The van der Waals surface area contributed by atoms with E-state index in [9.17, 15) is 0 Å². The van der Waals surface area contributed by atoms with Gasteiger partial charge in [-0.3, -0.25) is 4.90 Å². The molecule has 1 aromatic heterocycles. The maximum Gasteiger partial charge on any atom is 0.0300 e. The number of rotatable bonds is 6. The molecule has 1 N–H and O–H groups in total. The van der Waals surface area contributed by atoms with Crippen molar-refractivity contribution in [3.8, 4) is 0 Å². The zero-order valence-electron chi connectivity index (χ0n) is 12.6. The van der Waals surface area contributed by atoms with Gasteiger partial charge in [-0.15, -0.1) is 11.3 Å². The Morgan fingerprint density at radius 3 is 2.74 bits per heavy atom. The Balaban J connectivity index is 1.68. The van der Waals surface area contributed by atoms with E-state index in [2.05, 4.69) is 48.6 Å². The standard InChI is InChI=1S/C16H28N2S/c1-13-6-8-15(9-7-13)18(3)14(2)11-17-12-16-5-4-10-19-16/h4-5,10,13-15,17H,6-9,11-12H2,1-3H3. The van der Waals surface area contributed by atoms with Crippen molar-refractivity contribution in [2.45, 2.75) is 58.2 Å². The van der Waals surface area contributed by atoms with Crippen LogP contribution in [0.4, 0.5) is 0 Å². The first-order valence-electron chi connectivity index (χ1n) is 7.62. The van der Waals surface area contributed by atoms with E-state index in [0.29, 0.717) is 6.04 Å². The lowest BCUT2D eigenvalue weighted by Gasteiger charge is -2.37. The Labute approximate surface area is 122 Å². The Kier molecular flexibility index (Phi) is 5.86. The molecule has 1 heterocycles. The van der Waals surface area contributed by atoms with E-state index >= 15 is 0 Å². The van der Waals surface area contributed by atoms with Crippen LogP contribution in [0.3, 0.4) is 0 Å². The highest BCUT2D eigenvalue weighted by Gasteiger charge is 2.24.